The van der Waals surface area contributed by atoms with Crippen LogP contribution in [0.2, 0.25) is 10.0 Å². The minimum Gasteiger partial charge on any atom is -0.479 e. The molecule has 1 N–H and O–H groups in total. The highest BCUT2D eigenvalue weighted by atomic mass is 35.5. The number of hydrogen-bond acceptors (Lipinski definition) is 6. The van der Waals surface area contributed by atoms with Gasteiger partial charge >= 0.3 is 5.97 Å². The summed E-state index contributed by atoms with van der Waals surface area (Å²) in [5.74, 6) is -0.338. The molecule has 10 heteroatoms. The van der Waals surface area contributed by atoms with Gasteiger partial charge in [-0.15, -0.1) is 0 Å². The largest absolute Gasteiger partial charge is 0.479 e. The number of aromatic nitrogens is 2. The highest BCUT2D eigenvalue weighted by Gasteiger charge is 2.17. The van der Waals surface area contributed by atoms with Crippen molar-refractivity contribution < 1.29 is 19.1 Å². The van der Waals surface area contributed by atoms with Crippen molar-refractivity contribution in [3.63, 3.8) is 0 Å². The Kier molecular flexibility index (Phi) is 6.22. The van der Waals surface area contributed by atoms with Gasteiger partial charge in [-0.25, -0.2) is 9.78 Å². The lowest BCUT2D eigenvalue weighted by atomic mass is 10.2. The van der Waals surface area contributed by atoms with Crippen molar-refractivity contribution in [2.45, 2.75) is 13.0 Å². The molecule has 0 bridgehead atoms. The molecule has 8 nitrogen and oxygen atoms in total. The lowest BCUT2D eigenvalue weighted by molar-refractivity contribution is -0.144. The SMILES string of the molecule is C[C@@H](Oc1ccc(C=Nn2c(-c3cc4cc(Cl)ccc4o3)nc3ccccc3c2=O)cc1Cl)C(=O)O. The van der Waals surface area contributed by atoms with Crippen molar-refractivity contribution >= 4 is 57.3 Å². The number of fused-ring (bicyclic) bond motifs is 2. The zero-order valence-corrected chi connectivity index (χ0v) is 20.2. The molecule has 0 saturated heterocycles. The fourth-order valence-electron chi connectivity index (χ4n) is 3.57. The summed E-state index contributed by atoms with van der Waals surface area (Å²) in [6, 6.07) is 18.6. The summed E-state index contributed by atoms with van der Waals surface area (Å²) in [5.41, 5.74) is 1.26. The van der Waals surface area contributed by atoms with Gasteiger partial charge in [-0.1, -0.05) is 35.3 Å². The number of nitrogens with zero attached hydrogens (tertiary/aromatic N) is 3. The topological polar surface area (TPSA) is 107 Å². The lowest BCUT2D eigenvalue weighted by Gasteiger charge is -2.12. The average Bonchev–Trinajstić information content (AvgIpc) is 3.28. The molecule has 180 valence electrons. The van der Waals surface area contributed by atoms with Crippen LogP contribution in [0.25, 0.3) is 33.5 Å². The first-order chi connectivity index (χ1) is 17.3. The maximum absolute atomic E-state index is 13.4. The van der Waals surface area contributed by atoms with Gasteiger partial charge < -0.3 is 14.3 Å². The number of furan rings is 1. The van der Waals surface area contributed by atoms with Crippen LogP contribution in [0.5, 0.6) is 5.75 Å². The second kappa shape index (κ2) is 9.49. The average molecular weight is 522 g/mol. The molecule has 36 heavy (non-hydrogen) atoms. The maximum atomic E-state index is 13.4. The minimum atomic E-state index is -1.11. The van der Waals surface area contributed by atoms with Gasteiger partial charge in [0, 0.05) is 10.4 Å². The van der Waals surface area contributed by atoms with E-state index in [1.54, 1.807) is 60.7 Å². The zero-order valence-electron chi connectivity index (χ0n) is 18.7. The van der Waals surface area contributed by atoms with E-state index in [9.17, 15) is 9.59 Å². The number of ether oxygens (including phenoxy) is 1. The summed E-state index contributed by atoms with van der Waals surface area (Å²) in [6.07, 6.45) is 0.377. The molecule has 0 unspecified atom stereocenters. The zero-order chi connectivity index (χ0) is 25.4. The van der Waals surface area contributed by atoms with Crippen LogP contribution in [0.3, 0.4) is 0 Å². The number of carboxylic acids is 1. The Bertz CT molecular complexity index is 1720. The predicted molar refractivity (Wildman–Crippen MR) is 138 cm³/mol. The Morgan fingerprint density at radius 1 is 1.14 bits per heavy atom. The number of carbonyl (C=O) groups is 1. The molecule has 5 rings (SSSR count). The van der Waals surface area contributed by atoms with Crippen molar-refractivity contribution in [2.75, 3.05) is 0 Å². The Balaban J connectivity index is 1.59. The van der Waals surface area contributed by atoms with Crippen LogP contribution in [0, 0.1) is 0 Å². The van der Waals surface area contributed by atoms with Crippen LogP contribution < -0.4 is 10.3 Å². The Hall–Kier alpha value is -4.14. The van der Waals surface area contributed by atoms with E-state index in [0.29, 0.717) is 32.8 Å². The van der Waals surface area contributed by atoms with Gasteiger partial charge in [-0.3, -0.25) is 4.79 Å². The first kappa shape index (κ1) is 23.6. The minimum absolute atomic E-state index is 0.199. The number of rotatable bonds is 6. The number of hydrogen-bond donors (Lipinski definition) is 1. The van der Waals surface area contributed by atoms with Crippen molar-refractivity contribution in [1.29, 1.82) is 0 Å². The van der Waals surface area contributed by atoms with Crippen LogP contribution in [0.4, 0.5) is 0 Å². The summed E-state index contributed by atoms with van der Waals surface area (Å²) < 4.78 is 12.5. The van der Waals surface area contributed by atoms with E-state index >= 15 is 0 Å². The third kappa shape index (κ3) is 4.56. The van der Waals surface area contributed by atoms with Crippen LogP contribution in [-0.2, 0) is 4.79 Å². The molecule has 0 aliphatic rings. The van der Waals surface area contributed by atoms with Gasteiger partial charge in [0.1, 0.15) is 11.3 Å². The van der Waals surface area contributed by atoms with E-state index < -0.39 is 12.1 Å². The van der Waals surface area contributed by atoms with Crippen molar-refractivity contribution in [2.24, 2.45) is 5.10 Å². The monoisotopic (exact) mass is 521 g/mol. The van der Waals surface area contributed by atoms with Gasteiger partial charge in [-0.05, 0) is 67.1 Å². The molecular formula is C26H17Cl2N3O5. The highest BCUT2D eigenvalue weighted by Crippen LogP contribution is 2.29. The summed E-state index contributed by atoms with van der Waals surface area (Å²) in [7, 11) is 0. The number of aliphatic carboxylic acids is 1. The molecule has 1 atom stereocenters. The quantitative estimate of drug-likeness (QED) is 0.281. The van der Waals surface area contributed by atoms with E-state index in [0.717, 1.165) is 10.1 Å². The molecule has 3 aromatic carbocycles. The van der Waals surface area contributed by atoms with Crippen molar-refractivity contribution in [1.82, 2.24) is 9.66 Å². The molecule has 0 amide bonds. The summed E-state index contributed by atoms with van der Waals surface area (Å²) >= 11 is 12.4. The van der Waals surface area contributed by atoms with E-state index in [4.69, 9.17) is 37.5 Å². The predicted octanol–water partition coefficient (Wildman–Crippen LogP) is 5.85. The lowest BCUT2D eigenvalue weighted by Crippen LogP contribution is -2.23. The maximum Gasteiger partial charge on any atom is 0.344 e. The second-order valence-electron chi connectivity index (χ2n) is 7.90. The number of benzene rings is 3. The Morgan fingerprint density at radius 2 is 1.94 bits per heavy atom. The third-order valence-corrected chi connectivity index (χ3v) is 5.91. The van der Waals surface area contributed by atoms with E-state index in [-0.39, 0.29) is 22.2 Å². The molecule has 0 spiro atoms. The molecule has 5 aromatic rings. The number of carboxylic acid groups (broad SMARTS) is 1. The van der Waals surface area contributed by atoms with Crippen molar-refractivity contribution in [3.05, 3.63) is 92.7 Å². The van der Waals surface area contributed by atoms with Gasteiger partial charge in [-0.2, -0.15) is 9.78 Å². The van der Waals surface area contributed by atoms with Gasteiger partial charge in [0.2, 0.25) is 5.82 Å². The van der Waals surface area contributed by atoms with Crippen LogP contribution >= 0.6 is 23.2 Å². The molecule has 0 radical (unpaired) electrons. The molecule has 0 aliphatic carbocycles. The standard InChI is InChI=1S/C26H17Cl2N3O5/c1-14(26(33)34)35-22-8-6-15(10-19(22)28)13-29-31-24(30-20-5-3-2-4-18(20)25(31)32)23-12-16-11-17(27)7-9-21(16)36-23/h2-14H,1H3,(H,33,34)/t14-/m1/s1. The number of halogens is 2. The summed E-state index contributed by atoms with van der Waals surface area (Å²) in [6.45, 7) is 1.40. The molecule has 0 aliphatic heterocycles. The summed E-state index contributed by atoms with van der Waals surface area (Å²) in [5, 5.41) is 15.3. The molecule has 0 saturated carbocycles. The van der Waals surface area contributed by atoms with Crippen LogP contribution in [0.1, 0.15) is 12.5 Å². The molecule has 2 heterocycles. The fourth-order valence-corrected chi connectivity index (χ4v) is 3.99. The fraction of sp³-hybridized carbons (Fsp3) is 0.0769. The van der Waals surface area contributed by atoms with Crippen molar-refractivity contribution in [3.8, 4) is 17.3 Å². The van der Waals surface area contributed by atoms with E-state index in [1.165, 1.54) is 19.2 Å². The van der Waals surface area contributed by atoms with Gasteiger partial charge in [0.15, 0.2) is 11.9 Å². The first-order valence-electron chi connectivity index (χ1n) is 10.7. The normalized spacial score (nSPS) is 12.4. The number of para-hydroxylation sites is 1. The van der Waals surface area contributed by atoms with Gasteiger partial charge in [0.05, 0.1) is 22.1 Å². The third-order valence-electron chi connectivity index (χ3n) is 5.38. The smallest absolute Gasteiger partial charge is 0.344 e. The van der Waals surface area contributed by atoms with E-state index in [2.05, 4.69) is 10.1 Å². The first-order valence-corrected chi connectivity index (χ1v) is 11.5. The Morgan fingerprint density at radius 3 is 2.72 bits per heavy atom. The molecule has 2 aromatic heterocycles. The molecular weight excluding hydrogens is 505 g/mol. The van der Waals surface area contributed by atoms with Gasteiger partial charge in [0.25, 0.3) is 5.56 Å². The van der Waals surface area contributed by atoms with Crippen LogP contribution in [-0.4, -0.2) is 33.1 Å². The molecule has 0 fully saturated rings. The summed E-state index contributed by atoms with van der Waals surface area (Å²) in [4.78, 5) is 29.0. The van der Waals surface area contributed by atoms with Crippen LogP contribution in [0.15, 0.2) is 81.0 Å². The second-order valence-corrected chi connectivity index (χ2v) is 8.74. The van der Waals surface area contributed by atoms with E-state index in [1.807, 2.05) is 0 Å². The highest BCUT2D eigenvalue weighted by molar-refractivity contribution is 6.32. The Labute approximate surface area is 214 Å².